The smallest absolute Gasteiger partial charge is 0.327 e. The van der Waals surface area contributed by atoms with Crippen LogP contribution in [0, 0.1) is 5.41 Å². The van der Waals surface area contributed by atoms with Crippen LogP contribution in [0.5, 0.6) is 0 Å². The lowest BCUT2D eigenvalue weighted by Gasteiger charge is -2.48. The minimum atomic E-state index is -1.55. The zero-order valence-electron chi connectivity index (χ0n) is 35.1. The molecule has 5 fully saturated rings. The van der Waals surface area contributed by atoms with Gasteiger partial charge in [-0.25, -0.2) is 0 Å². The van der Waals surface area contributed by atoms with Crippen LogP contribution < -0.4 is 10.6 Å². The number of ether oxygens (including phenoxy) is 5. The molecule has 11 atom stereocenters. The number of benzene rings is 4. The average molecular weight is 894 g/mol. The molecule has 4 saturated heterocycles. The molecule has 4 heterocycles. The lowest BCUT2D eigenvalue weighted by atomic mass is 9.62. The predicted molar refractivity (Wildman–Crippen MR) is 227 cm³/mol. The van der Waals surface area contributed by atoms with Crippen molar-refractivity contribution in [2.75, 3.05) is 26.4 Å². The molecular formula is C48H51N3O14. The molecule has 65 heavy (non-hydrogen) atoms. The van der Waals surface area contributed by atoms with Gasteiger partial charge in [-0.15, -0.1) is 0 Å². The standard InChI is InChI=1S/C48H51N3O14/c52-21-20-49-43(57)31-11-7-9-30(23-31)25-50-46(59)47-24-34-39-40(64-48(63-39,32-12-3-1-4-13-32)33-14-5-2-6-15-33)42(47)65-51(41(47)44(58)61-34)26-29-18-16-28(17-19-29)10-8-22-60-45-38(56)37(55)36(54)35(27-53)62-45/h1-19,23,34-42,45,52-56H,20-22,24-27H2,(H,49,57)(H,50,59). The summed E-state index contributed by atoms with van der Waals surface area (Å²) in [5, 5.41) is 56.2. The number of amides is 2. The third kappa shape index (κ3) is 8.38. The highest BCUT2D eigenvalue weighted by atomic mass is 16.8. The van der Waals surface area contributed by atoms with Crippen LogP contribution in [0.4, 0.5) is 0 Å². The number of nitrogens with one attached hydrogen (secondary N) is 2. The van der Waals surface area contributed by atoms with E-state index in [4.69, 9.17) is 28.5 Å². The third-order valence-electron chi connectivity index (χ3n) is 12.8. The monoisotopic (exact) mass is 893 g/mol. The highest BCUT2D eigenvalue weighted by molar-refractivity contribution is 5.95. The van der Waals surface area contributed by atoms with Gasteiger partial charge in [0.05, 0.1) is 26.4 Å². The first-order chi connectivity index (χ1) is 31.6. The summed E-state index contributed by atoms with van der Waals surface area (Å²) >= 11 is 0. The molecule has 11 unspecified atom stereocenters. The van der Waals surface area contributed by atoms with Crippen LogP contribution >= 0.6 is 0 Å². The van der Waals surface area contributed by atoms with Crippen LogP contribution in [-0.2, 0) is 57.0 Å². The van der Waals surface area contributed by atoms with Crippen LogP contribution in [0.25, 0.3) is 6.08 Å². The zero-order chi connectivity index (χ0) is 45.3. The first-order valence-corrected chi connectivity index (χ1v) is 21.6. The van der Waals surface area contributed by atoms with E-state index in [0.717, 1.165) is 11.1 Å². The van der Waals surface area contributed by atoms with Crippen molar-refractivity contribution in [2.45, 2.75) is 86.5 Å². The number of fused-ring (bicyclic) bond motifs is 4. The van der Waals surface area contributed by atoms with E-state index in [0.29, 0.717) is 22.3 Å². The number of hydrogen-bond acceptors (Lipinski definition) is 15. The third-order valence-corrected chi connectivity index (χ3v) is 12.8. The number of hydroxylamine groups is 2. The quantitative estimate of drug-likeness (QED) is 0.0827. The van der Waals surface area contributed by atoms with Crippen molar-refractivity contribution in [2.24, 2.45) is 5.41 Å². The highest BCUT2D eigenvalue weighted by Crippen LogP contribution is 2.59. The Morgan fingerprint density at radius 3 is 2.22 bits per heavy atom. The van der Waals surface area contributed by atoms with E-state index in [2.05, 4.69) is 10.6 Å². The van der Waals surface area contributed by atoms with E-state index >= 15 is 4.79 Å². The van der Waals surface area contributed by atoms with Gasteiger partial charge in [0.15, 0.2) is 12.3 Å². The van der Waals surface area contributed by atoms with E-state index in [-0.39, 0.29) is 45.2 Å². The maximum absolute atomic E-state index is 15.0. The molecule has 17 heteroatoms. The second-order valence-electron chi connectivity index (χ2n) is 16.8. The Labute approximate surface area is 374 Å². The first-order valence-electron chi connectivity index (χ1n) is 21.6. The fraction of sp³-hybridized carbons (Fsp3) is 0.396. The molecule has 2 bridgehead atoms. The number of aliphatic hydroxyl groups excluding tert-OH is 5. The number of rotatable bonds is 15. The van der Waals surface area contributed by atoms with E-state index in [1.54, 1.807) is 36.4 Å². The van der Waals surface area contributed by atoms with Crippen LogP contribution in [0.1, 0.15) is 44.6 Å². The van der Waals surface area contributed by atoms with Gasteiger partial charge in [0.1, 0.15) is 54.2 Å². The Morgan fingerprint density at radius 2 is 1.52 bits per heavy atom. The Hall–Kier alpha value is -5.41. The van der Waals surface area contributed by atoms with E-state index < -0.39 is 90.8 Å². The molecule has 0 radical (unpaired) electrons. The molecule has 1 aliphatic carbocycles. The van der Waals surface area contributed by atoms with E-state index in [1.165, 1.54) is 5.06 Å². The minimum absolute atomic E-state index is 0.0163. The first kappa shape index (κ1) is 44.8. The fourth-order valence-electron chi connectivity index (χ4n) is 9.58. The van der Waals surface area contributed by atoms with Crippen LogP contribution in [0.3, 0.4) is 0 Å². The molecular weight excluding hydrogens is 843 g/mol. The Kier molecular flexibility index (Phi) is 13.0. The number of nitrogens with zero attached hydrogens (tertiary/aromatic N) is 1. The van der Waals surface area contributed by atoms with Gasteiger partial charge in [-0.1, -0.05) is 109 Å². The molecule has 4 aliphatic heterocycles. The second-order valence-corrected chi connectivity index (χ2v) is 16.8. The van der Waals surface area contributed by atoms with Crippen LogP contribution in [0.15, 0.2) is 115 Å². The van der Waals surface area contributed by atoms with Crippen LogP contribution in [-0.4, -0.2) is 136 Å². The zero-order valence-corrected chi connectivity index (χ0v) is 35.1. The normalized spacial score (nSPS) is 31.3. The summed E-state index contributed by atoms with van der Waals surface area (Å²) in [6, 6.07) is 31.9. The highest BCUT2D eigenvalue weighted by Gasteiger charge is 2.76. The van der Waals surface area contributed by atoms with Gasteiger partial charge in [0, 0.05) is 36.2 Å². The molecule has 4 aromatic carbocycles. The maximum atomic E-state index is 15.0. The van der Waals surface area contributed by atoms with Crippen molar-refractivity contribution in [3.05, 3.63) is 149 Å². The lowest BCUT2D eigenvalue weighted by Crippen LogP contribution is -2.69. The van der Waals surface area contributed by atoms with Crippen molar-refractivity contribution in [3.8, 4) is 0 Å². The summed E-state index contributed by atoms with van der Waals surface area (Å²) in [4.78, 5) is 48.9. The van der Waals surface area contributed by atoms with E-state index in [9.17, 15) is 35.1 Å². The average Bonchev–Trinajstić information content (AvgIpc) is 3.92. The Balaban J connectivity index is 0.976. The summed E-state index contributed by atoms with van der Waals surface area (Å²) in [6.45, 7) is -0.572. The number of aliphatic hydroxyl groups is 5. The summed E-state index contributed by atoms with van der Waals surface area (Å²) in [7, 11) is 0. The largest absolute Gasteiger partial charge is 0.458 e. The second kappa shape index (κ2) is 18.8. The molecule has 1 saturated carbocycles. The molecule has 5 aliphatic rings. The molecule has 4 aromatic rings. The Bertz CT molecular complexity index is 2310. The number of esters is 1. The number of hydrogen-bond donors (Lipinski definition) is 7. The summed E-state index contributed by atoms with van der Waals surface area (Å²) < 4.78 is 31.2. The summed E-state index contributed by atoms with van der Waals surface area (Å²) in [5.74, 6) is -2.88. The van der Waals surface area contributed by atoms with Gasteiger partial charge in [-0.05, 0) is 28.8 Å². The van der Waals surface area contributed by atoms with Crippen molar-refractivity contribution in [1.29, 1.82) is 0 Å². The van der Waals surface area contributed by atoms with Gasteiger partial charge in [0.25, 0.3) is 5.91 Å². The van der Waals surface area contributed by atoms with Gasteiger partial charge >= 0.3 is 5.97 Å². The van der Waals surface area contributed by atoms with Gasteiger partial charge in [-0.3, -0.25) is 19.2 Å². The van der Waals surface area contributed by atoms with Gasteiger partial charge < -0.3 is 59.9 Å². The number of carbonyl (C=O) groups excluding carboxylic acids is 3. The van der Waals surface area contributed by atoms with Crippen molar-refractivity contribution >= 4 is 23.9 Å². The van der Waals surface area contributed by atoms with Crippen molar-refractivity contribution in [3.63, 3.8) is 0 Å². The molecule has 9 rings (SSSR count). The predicted octanol–water partition coefficient (Wildman–Crippen LogP) is 1.04. The Morgan fingerprint density at radius 1 is 0.815 bits per heavy atom. The maximum Gasteiger partial charge on any atom is 0.327 e. The molecule has 17 nitrogen and oxygen atoms in total. The summed E-state index contributed by atoms with van der Waals surface area (Å²) in [5.41, 5.74) is 2.47. The van der Waals surface area contributed by atoms with Gasteiger partial charge in [0.2, 0.25) is 11.7 Å². The summed E-state index contributed by atoms with van der Waals surface area (Å²) in [6.07, 6.45) is -6.92. The van der Waals surface area contributed by atoms with Crippen molar-refractivity contribution < 1.29 is 68.4 Å². The SMILES string of the molecule is O=C(NCCO)c1cccc(CNC(=O)C23CC4OC(=O)C2N(Cc2ccc(C=CCOC5OC(CO)C(O)C(O)C5O)cc2)OC3C2OC(c3ccccc3)(c3ccccc3)OC42)c1. The number of carbonyl (C=O) groups is 3. The van der Waals surface area contributed by atoms with Crippen LogP contribution in [0.2, 0.25) is 0 Å². The molecule has 0 aromatic heterocycles. The fourth-order valence-corrected chi connectivity index (χ4v) is 9.58. The molecule has 7 N–H and O–H groups in total. The van der Waals surface area contributed by atoms with E-state index in [1.807, 2.05) is 84.9 Å². The van der Waals surface area contributed by atoms with Crippen molar-refractivity contribution in [1.82, 2.24) is 15.7 Å². The van der Waals surface area contributed by atoms with Gasteiger partial charge in [-0.2, -0.15) is 5.06 Å². The molecule has 2 amide bonds. The lowest BCUT2D eigenvalue weighted by molar-refractivity contribution is -0.298. The molecule has 0 spiro atoms. The topological polar surface area (TPSA) is 235 Å². The molecule has 342 valence electrons. The minimum Gasteiger partial charge on any atom is -0.458 e.